The van der Waals surface area contributed by atoms with Crippen molar-refractivity contribution in [2.75, 3.05) is 32.8 Å². The highest BCUT2D eigenvalue weighted by Crippen LogP contribution is 2.34. The van der Waals surface area contributed by atoms with Crippen LogP contribution in [0.2, 0.25) is 5.02 Å². The Labute approximate surface area is 162 Å². The molecule has 146 valence electrons. The summed E-state index contributed by atoms with van der Waals surface area (Å²) in [6, 6.07) is 8.61. The average molecular weight is 416 g/mol. The van der Waals surface area contributed by atoms with Crippen LogP contribution in [-0.4, -0.2) is 46.2 Å². The van der Waals surface area contributed by atoms with Crippen molar-refractivity contribution in [2.24, 2.45) is 0 Å². The van der Waals surface area contributed by atoms with Crippen LogP contribution in [0.15, 0.2) is 47.4 Å². The van der Waals surface area contributed by atoms with Gasteiger partial charge in [-0.3, -0.25) is 4.90 Å². The van der Waals surface area contributed by atoms with Crippen LogP contribution in [0.3, 0.4) is 0 Å². The molecule has 1 atom stereocenters. The van der Waals surface area contributed by atoms with Gasteiger partial charge >= 0.3 is 0 Å². The largest absolute Gasteiger partial charge is 0.379 e. The van der Waals surface area contributed by atoms with Gasteiger partial charge in [-0.2, -0.15) is 0 Å². The lowest BCUT2D eigenvalue weighted by Crippen LogP contribution is -2.37. The van der Waals surface area contributed by atoms with Gasteiger partial charge in [-0.15, -0.1) is 0 Å². The van der Waals surface area contributed by atoms with Crippen LogP contribution in [0.4, 0.5) is 8.78 Å². The number of benzene rings is 2. The summed E-state index contributed by atoms with van der Waals surface area (Å²) in [6.07, 6.45) is 0.144. The minimum atomic E-state index is -3.93. The molecule has 4 nitrogen and oxygen atoms in total. The van der Waals surface area contributed by atoms with Crippen molar-refractivity contribution in [2.45, 2.75) is 16.6 Å². The number of morpholine rings is 1. The lowest BCUT2D eigenvalue weighted by Gasteiger charge is -2.28. The molecule has 2 aromatic rings. The van der Waals surface area contributed by atoms with Crippen molar-refractivity contribution in [1.29, 1.82) is 0 Å². The van der Waals surface area contributed by atoms with Crippen LogP contribution < -0.4 is 0 Å². The summed E-state index contributed by atoms with van der Waals surface area (Å²) in [6.45, 7) is 2.95. The molecule has 1 heterocycles. The molecule has 0 radical (unpaired) electrons. The number of halogens is 3. The molecule has 1 fully saturated rings. The molecule has 0 bridgehead atoms. The third-order valence-electron chi connectivity index (χ3n) is 4.63. The van der Waals surface area contributed by atoms with E-state index in [1.807, 2.05) is 0 Å². The maximum atomic E-state index is 14.4. The Kier molecular flexibility index (Phi) is 6.47. The van der Waals surface area contributed by atoms with Crippen molar-refractivity contribution in [3.05, 3.63) is 64.7 Å². The van der Waals surface area contributed by atoms with Gasteiger partial charge in [0.1, 0.15) is 11.6 Å². The number of sulfone groups is 1. The maximum absolute atomic E-state index is 14.4. The van der Waals surface area contributed by atoms with Crippen LogP contribution in [0.5, 0.6) is 0 Å². The van der Waals surface area contributed by atoms with E-state index in [1.165, 1.54) is 24.3 Å². The summed E-state index contributed by atoms with van der Waals surface area (Å²) in [5.41, 5.74) is -0.154. The summed E-state index contributed by atoms with van der Waals surface area (Å²) < 4.78 is 59.9. The molecule has 0 amide bonds. The Morgan fingerprint density at radius 2 is 1.74 bits per heavy atom. The molecule has 1 saturated heterocycles. The Balaban J connectivity index is 1.95. The fraction of sp³-hybridized carbons (Fsp3) is 0.368. The first kappa shape index (κ1) is 20.2. The van der Waals surface area contributed by atoms with E-state index in [2.05, 4.69) is 4.90 Å². The van der Waals surface area contributed by atoms with Gasteiger partial charge in [-0.1, -0.05) is 11.6 Å². The highest BCUT2D eigenvalue weighted by atomic mass is 35.5. The van der Waals surface area contributed by atoms with Crippen LogP contribution in [0, 0.1) is 11.6 Å². The lowest BCUT2D eigenvalue weighted by molar-refractivity contribution is 0.0373. The third kappa shape index (κ3) is 4.85. The molecule has 2 aromatic carbocycles. The number of rotatable bonds is 6. The van der Waals surface area contributed by atoms with Crippen LogP contribution in [-0.2, 0) is 14.6 Å². The molecule has 1 aliphatic rings. The van der Waals surface area contributed by atoms with Crippen molar-refractivity contribution < 1.29 is 21.9 Å². The topological polar surface area (TPSA) is 46.6 Å². The quantitative estimate of drug-likeness (QED) is 0.718. The first-order chi connectivity index (χ1) is 12.9. The molecule has 0 saturated carbocycles. The van der Waals surface area contributed by atoms with Crippen LogP contribution in [0.1, 0.15) is 17.2 Å². The second-order valence-electron chi connectivity index (χ2n) is 6.40. The monoisotopic (exact) mass is 415 g/mol. The van der Waals surface area contributed by atoms with Crippen molar-refractivity contribution in [1.82, 2.24) is 4.90 Å². The van der Waals surface area contributed by atoms with Gasteiger partial charge in [0.05, 0.1) is 23.4 Å². The predicted molar refractivity (Wildman–Crippen MR) is 99.6 cm³/mol. The van der Waals surface area contributed by atoms with Gasteiger partial charge in [-0.05, 0) is 55.4 Å². The van der Waals surface area contributed by atoms with Crippen LogP contribution in [0.25, 0.3) is 0 Å². The minimum absolute atomic E-state index is 0.0301. The molecular formula is C19H20ClF2NO3S. The Morgan fingerprint density at radius 1 is 1.07 bits per heavy atom. The standard InChI is InChI=1S/C19H20ClF2NO3S/c20-14-1-4-16(5-2-14)27(24,25)19(7-8-23-9-11-26-12-10-23)17-13-15(21)3-6-18(17)22/h1-6,13,19H,7-12H2. The molecule has 1 aliphatic heterocycles. The molecule has 27 heavy (non-hydrogen) atoms. The third-order valence-corrected chi connectivity index (χ3v) is 7.05. The molecule has 3 rings (SSSR count). The van der Waals surface area contributed by atoms with Gasteiger partial charge in [-0.25, -0.2) is 17.2 Å². The predicted octanol–water partition coefficient (Wildman–Crippen LogP) is 3.86. The van der Waals surface area contributed by atoms with Crippen molar-refractivity contribution in [3.8, 4) is 0 Å². The minimum Gasteiger partial charge on any atom is -0.379 e. The van der Waals surface area contributed by atoms with Crippen molar-refractivity contribution in [3.63, 3.8) is 0 Å². The number of nitrogens with zero attached hydrogens (tertiary/aromatic N) is 1. The van der Waals surface area contributed by atoms with Crippen molar-refractivity contribution >= 4 is 21.4 Å². The summed E-state index contributed by atoms with van der Waals surface area (Å²) in [4.78, 5) is 2.09. The molecule has 8 heteroatoms. The van der Waals surface area contributed by atoms with Gasteiger partial charge in [0.2, 0.25) is 0 Å². The first-order valence-corrected chi connectivity index (χ1v) is 10.5. The second-order valence-corrected chi connectivity index (χ2v) is 8.96. The fourth-order valence-electron chi connectivity index (χ4n) is 3.15. The zero-order chi connectivity index (χ0) is 19.4. The Hall–Kier alpha value is -1.54. The molecule has 0 N–H and O–H groups in total. The summed E-state index contributed by atoms with van der Waals surface area (Å²) in [7, 11) is -3.93. The van der Waals surface area contributed by atoms with E-state index >= 15 is 0 Å². The van der Waals surface area contributed by atoms with E-state index in [0.29, 0.717) is 37.9 Å². The fourth-order valence-corrected chi connectivity index (χ4v) is 5.05. The van der Waals surface area contributed by atoms with Gasteiger partial charge in [0, 0.05) is 23.7 Å². The van der Waals surface area contributed by atoms with Gasteiger partial charge < -0.3 is 4.74 Å². The van der Waals surface area contributed by atoms with Gasteiger partial charge in [0.25, 0.3) is 0 Å². The number of ether oxygens (including phenoxy) is 1. The summed E-state index contributed by atoms with van der Waals surface area (Å²) in [5, 5.41) is -0.798. The van der Waals surface area contributed by atoms with E-state index in [9.17, 15) is 17.2 Å². The first-order valence-electron chi connectivity index (χ1n) is 8.62. The highest BCUT2D eigenvalue weighted by molar-refractivity contribution is 7.91. The average Bonchev–Trinajstić information content (AvgIpc) is 2.65. The molecular weight excluding hydrogens is 396 g/mol. The molecule has 0 aliphatic carbocycles. The highest BCUT2D eigenvalue weighted by Gasteiger charge is 2.32. The summed E-state index contributed by atoms with van der Waals surface area (Å²) >= 11 is 5.84. The van der Waals surface area contributed by atoms with Crippen LogP contribution >= 0.6 is 11.6 Å². The lowest BCUT2D eigenvalue weighted by atomic mass is 10.1. The van der Waals surface area contributed by atoms with E-state index in [1.54, 1.807) is 0 Å². The second kappa shape index (κ2) is 8.65. The van der Waals surface area contributed by atoms with E-state index in [-0.39, 0.29) is 16.9 Å². The Morgan fingerprint density at radius 3 is 2.41 bits per heavy atom. The number of hydrogen-bond acceptors (Lipinski definition) is 4. The Bertz CT molecular complexity index is 884. The molecule has 0 aromatic heterocycles. The zero-order valence-corrected chi connectivity index (χ0v) is 16.1. The summed E-state index contributed by atoms with van der Waals surface area (Å²) in [5.74, 6) is -1.41. The normalized spacial score (nSPS) is 17.0. The van der Waals surface area contributed by atoms with E-state index in [4.69, 9.17) is 16.3 Å². The van der Waals surface area contributed by atoms with E-state index < -0.39 is 26.7 Å². The zero-order valence-electron chi connectivity index (χ0n) is 14.6. The SMILES string of the molecule is O=S(=O)(c1ccc(Cl)cc1)C(CCN1CCOCC1)c1cc(F)ccc1F. The smallest absolute Gasteiger partial charge is 0.185 e. The number of hydrogen-bond donors (Lipinski definition) is 0. The maximum Gasteiger partial charge on any atom is 0.185 e. The van der Waals surface area contributed by atoms with Gasteiger partial charge in [0.15, 0.2) is 9.84 Å². The van der Waals surface area contributed by atoms with E-state index in [0.717, 1.165) is 18.2 Å². The molecule has 1 unspecified atom stereocenters. The molecule has 0 spiro atoms.